The first-order valence-electron chi connectivity index (χ1n) is 7.10. The van der Waals surface area contributed by atoms with Gasteiger partial charge in [0.2, 0.25) is 0 Å². The quantitative estimate of drug-likeness (QED) is 0.494. The number of unbranched alkanes of at least 4 members (excludes halogenated alkanes) is 1. The van der Waals surface area contributed by atoms with E-state index in [-0.39, 0.29) is 5.41 Å². The third-order valence-electron chi connectivity index (χ3n) is 3.79. The van der Waals surface area contributed by atoms with E-state index in [9.17, 15) is 0 Å². The van der Waals surface area contributed by atoms with Crippen molar-refractivity contribution in [3.63, 3.8) is 0 Å². The fraction of sp³-hybridized carbons (Fsp3) is 0.625. The first-order chi connectivity index (χ1) is 9.15. The summed E-state index contributed by atoms with van der Waals surface area (Å²) in [5.74, 6) is 1.65. The van der Waals surface area contributed by atoms with Gasteiger partial charge in [0.1, 0.15) is 5.75 Å². The van der Waals surface area contributed by atoms with Crippen LogP contribution in [-0.2, 0) is 0 Å². The van der Waals surface area contributed by atoms with Gasteiger partial charge in [0.15, 0.2) is 0 Å². The molecule has 1 unspecified atom stereocenters. The molecule has 0 N–H and O–H groups in total. The lowest BCUT2D eigenvalue weighted by Gasteiger charge is -2.30. The molecule has 0 amide bonds. The van der Waals surface area contributed by atoms with Crippen molar-refractivity contribution in [1.82, 2.24) is 0 Å². The van der Waals surface area contributed by atoms with Crippen LogP contribution in [0.2, 0.25) is 0 Å². The average molecular weight is 348 g/mol. The summed E-state index contributed by atoms with van der Waals surface area (Å²) in [7, 11) is 0. The van der Waals surface area contributed by atoms with Crippen LogP contribution >= 0.6 is 27.5 Å². The lowest BCUT2D eigenvalue weighted by molar-refractivity contribution is 0.193. The minimum atomic E-state index is 0.240. The normalized spacial score (nSPS) is 14.1. The Kier molecular flexibility index (Phi) is 7.86. The van der Waals surface area contributed by atoms with Gasteiger partial charge in [-0.15, -0.1) is 11.6 Å². The SMILES string of the molecule is CCCCC(CC)(CCl)CCOc1cccc(Br)c1. The predicted octanol–water partition coefficient (Wildman–Crippen LogP) is 6.04. The van der Waals surface area contributed by atoms with E-state index in [1.165, 1.54) is 19.3 Å². The summed E-state index contributed by atoms with van der Waals surface area (Å²) in [5, 5.41) is 0. The lowest BCUT2D eigenvalue weighted by Crippen LogP contribution is -2.25. The van der Waals surface area contributed by atoms with Crippen molar-refractivity contribution in [2.75, 3.05) is 12.5 Å². The van der Waals surface area contributed by atoms with Crippen LogP contribution in [-0.4, -0.2) is 12.5 Å². The smallest absolute Gasteiger partial charge is 0.120 e. The Labute approximate surface area is 130 Å². The van der Waals surface area contributed by atoms with Crippen molar-refractivity contribution < 1.29 is 4.74 Å². The number of benzene rings is 1. The van der Waals surface area contributed by atoms with Crippen LogP contribution in [0.15, 0.2) is 28.7 Å². The highest BCUT2D eigenvalue weighted by Gasteiger charge is 2.26. The van der Waals surface area contributed by atoms with Crippen LogP contribution in [0.3, 0.4) is 0 Å². The monoisotopic (exact) mass is 346 g/mol. The summed E-state index contributed by atoms with van der Waals surface area (Å²) in [6.45, 7) is 5.20. The molecule has 0 aliphatic carbocycles. The van der Waals surface area contributed by atoms with Crippen molar-refractivity contribution in [3.8, 4) is 5.75 Å². The van der Waals surface area contributed by atoms with E-state index >= 15 is 0 Å². The Balaban J connectivity index is 2.47. The molecular weight excluding hydrogens is 324 g/mol. The zero-order chi connectivity index (χ0) is 14.1. The molecule has 0 aliphatic heterocycles. The summed E-state index contributed by atoms with van der Waals surface area (Å²) in [4.78, 5) is 0. The third kappa shape index (κ3) is 5.74. The summed E-state index contributed by atoms with van der Waals surface area (Å²) >= 11 is 9.66. The third-order valence-corrected chi connectivity index (χ3v) is 4.85. The van der Waals surface area contributed by atoms with Gasteiger partial charge in [0, 0.05) is 10.4 Å². The highest BCUT2D eigenvalue weighted by Crippen LogP contribution is 2.34. The van der Waals surface area contributed by atoms with E-state index in [4.69, 9.17) is 16.3 Å². The average Bonchev–Trinajstić information content (AvgIpc) is 2.43. The maximum absolute atomic E-state index is 6.20. The van der Waals surface area contributed by atoms with Gasteiger partial charge < -0.3 is 4.74 Å². The minimum absolute atomic E-state index is 0.240. The maximum Gasteiger partial charge on any atom is 0.120 e. The molecule has 0 spiro atoms. The molecule has 1 aromatic carbocycles. The first-order valence-corrected chi connectivity index (χ1v) is 8.43. The molecule has 0 aromatic heterocycles. The van der Waals surface area contributed by atoms with Crippen LogP contribution in [0.5, 0.6) is 5.75 Å². The fourth-order valence-corrected chi connectivity index (χ4v) is 3.04. The maximum atomic E-state index is 6.20. The molecule has 0 fully saturated rings. The standard InChI is InChI=1S/C16H24BrClO/c1-3-5-9-16(4-2,13-18)10-11-19-15-8-6-7-14(17)12-15/h6-8,12H,3-5,9-11,13H2,1-2H3. The molecule has 3 heteroatoms. The topological polar surface area (TPSA) is 9.23 Å². The van der Waals surface area contributed by atoms with Gasteiger partial charge in [0.25, 0.3) is 0 Å². The summed E-state index contributed by atoms with van der Waals surface area (Å²) < 4.78 is 6.89. The van der Waals surface area contributed by atoms with Crippen LogP contribution in [0.1, 0.15) is 46.0 Å². The molecule has 19 heavy (non-hydrogen) atoms. The predicted molar refractivity (Wildman–Crippen MR) is 87.2 cm³/mol. The summed E-state index contributed by atoms with van der Waals surface area (Å²) in [5.41, 5.74) is 0.240. The molecule has 1 nitrogen and oxygen atoms in total. The molecule has 0 radical (unpaired) electrons. The largest absolute Gasteiger partial charge is 0.494 e. The van der Waals surface area contributed by atoms with E-state index < -0.39 is 0 Å². The number of hydrogen-bond donors (Lipinski definition) is 0. The molecule has 0 saturated heterocycles. The minimum Gasteiger partial charge on any atom is -0.494 e. The Morgan fingerprint density at radius 2 is 2.05 bits per heavy atom. The lowest BCUT2D eigenvalue weighted by atomic mass is 9.79. The molecular formula is C16H24BrClO. The Morgan fingerprint density at radius 1 is 1.26 bits per heavy atom. The second-order valence-electron chi connectivity index (χ2n) is 5.15. The summed E-state index contributed by atoms with van der Waals surface area (Å²) in [6, 6.07) is 7.99. The Hall–Kier alpha value is -0.210. The van der Waals surface area contributed by atoms with Gasteiger partial charge in [-0.05, 0) is 42.9 Å². The van der Waals surface area contributed by atoms with Crippen LogP contribution in [0.25, 0.3) is 0 Å². The first kappa shape index (κ1) is 16.8. The van der Waals surface area contributed by atoms with Crippen molar-refractivity contribution in [2.24, 2.45) is 5.41 Å². The van der Waals surface area contributed by atoms with Crippen molar-refractivity contribution in [1.29, 1.82) is 0 Å². The van der Waals surface area contributed by atoms with E-state index in [2.05, 4.69) is 29.8 Å². The van der Waals surface area contributed by atoms with E-state index in [1.54, 1.807) is 0 Å². The van der Waals surface area contributed by atoms with Gasteiger partial charge in [-0.3, -0.25) is 0 Å². The number of alkyl halides is 1. The van der Waals surface area contributed by atoms with Gasteiger partial charge in [0.05, 0.1) is 6.61 Å². The number of hydrogen-bond acceptors (Lipinski definition) is 1. The highest BCUT2D eigenvalue weighted by molar-refractivity contribution is 9.10. The van der Waals surface area contributed by atoms with Crippen molar-refractivity contribution in [3.05, 3.63) is 28.7 Å². The molecule has 108 valence electrons. The second kappa shape index (κ2) is 8.86. The molecule has 1 rings (SSSR count). The second-order valence-corrected chi connectivity index (χ2v) is 6.33. The van der Waals surface area contributed by atoms with E-state index in [0.29, 0.717) is 0 Å². The highest BCUT2D eigenvalue weighted by atomic mass is 79.9. The number of rotatable bonds is 9. The van der Waals surface area contributed by atoms with Crippen LogP contribution in [0, 0.1) is 5.41 Å². The summed E-state index contributed by atoms with van der Waals surface area (Å²) in [6.07, 6.45) is 5.83. The molecule has 1 aromatic rings. The van der Waals surface area contributed by atoms with Crippen molar-refractivity contribution >= 4 is 27.5 Å². The molecule has 0 bridgehead atoms. The van der Waals surface area contributed by atoms with Crippen LogP contribution in [0.4, 0.5) is 0 Å². The van der Waals surface area contributed by atoms with Gasteiger partial charge in [-0.25, -0.2) is 0 Å². The van der Waals surface area contributed by atoms with Gasteiger partial charge >= 0.3 is 0 Å². The van der Waals surface area contributed by atoms with E-state index in [0.717, 1.165) is 35.6 Å². The van der Waals surface area contributed by atoms with Crippen LogP contribution < -0.4 is 4.74 Å². The molecule has 0 saturated carbocycles. The molecule has 1 atom stereocenters. The molecule has 0 heterocycles. The zero-order valence-corrected chi connectivity index (χ0v) is 14.3. The molecule has 0 aliphatic rings. The van der Waals surface area contributed by atoms with Gasteiger partial charge in [-0.1, -0.05) is 48.7 Å². The fourth-order valence-electron chi connectivity index (χ4n) is 2.20. The van der Waals surface area contributed by atoms with Crippen molar-refractivity contribution in [2.45, 2.75) is 46.0 Å². The zero-order valence-electron chi connectivity index (χ0n) is 11.9. The Bertz CT molecular complexity index is 364. The number of halogens is 2. The van der Waals surface area contributed by atoms with Gasteiger partial charge in [-0.2, -0.15) is 0 Å². The Morgan fingerprint density at radius 3 is 2.63 bits per heavy atom. The van der Waals surface area contributed by atoms with E-state index in [1.807, 2.05) is 24.3 Å². The number of ether oxygens (including phenoxy) is 1.